The van der Waals surface area contributed by atoms with E-state index in [0.717, 1.165) is 0 Å². The summed E-state index contributed by atoms with van der Waals surface area (Å²) in [6.45, 7) is 0. The zero-order valence-electron chi connectivity index (χ0n) is 30.9. The molecule has 0 aromatic carbocycles. The second-order valence-corrected chi connectivity index (χ2v) is 20.9. The lowest BCUT2D eigenvalue weighted by Gasteiger charge is -2.61. The van der Waals surface area contributed by atoms with Crippen molar-refractivity contribution in [3.8, 4) is 0 Å². The van der Waals surface area contributed by atoms with Crippen molar-refractivity contribution in [2.24, 2.45) is 0 Å². The van der Waals surface area contributed by atoms with Crippen molar-refractivity contribution in [3.05, 3.63) is 0 Å². The average Bonchev–Trinajstić information content (AvgIpc) is 2.93. The molecule has 1 unspecified atom stereocenters. The van der Waals surface area contributed by atoms with Crippen molar-refractivity contribution in [2.75, 3.05) is 0 Å². The van der Waals surface area contributed by atoms with Crippen LogP contribution in [0.15, 0.2) is 0 Å². The van der Waals surface area contributed by atoms with E-state index in [1.54, 1.807) is 0 Å². The van der Waals surface area contributed by atoms with Gasteiger partial charge in [-0.1, -0.05) is 0 Å². The van der Waals surface area contributed by atoms with Crippen LogP contribution in [-0.2, 0) is 0 Å². The number of rotatable bonds is 25. The molecule has 54 heteroatoms. The van der Waals surface area contributed by atoms with Crippen LogP contribution >= 0.6 is 14.7 Å². The second-order valence-electron chi connectivity index (χ2n) is 14.3. The van der Waals surface area contributed by atoms with Crippen LogP contribution in [0.3, 0.4) is 0 Å². The quantitative estimate of drug-likeness (QED) is 0.0701. The predicted octanol–water partition coefficient (Wildman–Crippen LogP) is -18.1. The Hall–Kier alpha value is 4.24. The van der Waals surface area contributed by atoms with Gasteiger partial charge in [0.25, 0.3) is 0 Å². The molecule has 0 aromatic heterocycles. The van der Waals surface area contributed by atoms with Crippen LogP contribution < -0.4 is 0 Å². The van der Waals surface area contributed by atoms with Gasteiger partial charge in [0.2, 0.25) is 0 Å². The summed E-state index contributed by atoms with van der Waals surface area (Å²) >= 11 is 0. The maximum atomic E-state index is 6.60. The minimum atomic E-state index is -2.46. The van der Waals surface area contributed by atoms with Gasteiger partial charge in [0.05, 0.1) is 24.9 Å². The molecule has 0 saturated carbocycles. The van der Waals surface area contributed by atoms with E-state index in [9.17, 15) is 0 Å². The lowest BCUT2D eigenvalue weighted by Crippen LogP contribution is -2.80. The van der Waals surface area contributed by atoms with Crippen LogP contribution in [0.5, 0.6) is 0 Å². The highest BCUT2D eigenvalue weighted by molar-refractivity contribution is 8.84. The minimum absolute atomic E-state index is 1.20. The Kier molecular flexibility index (Phi) is 28.9. The van der Waals surface area contributed by atoms with Gasteiger partial charge in [0, 0.05) is 344 Å². The third-order valence-corrected chi connectivity index (χ3v) is 20.5. The Morgan fingerprint density at radius 1 is 0.148 bits per heavy atom. The molecule has 0 aliphatic carbocycles. The van der Waals surface area contributed by atoms with Crippen LogP contribution in [0, 0.1) is 0 Å². The zero-order chi connectivity index (χ0) is 43.0. The molecule has 0 bridgehead atoms. The van der Waals surface area contributed by atoms with Gasteiger partial charge in [0.1, 0.15) is 0 Å². The fourth-order valence-electron chi connectivity index (χ4n) is 7.72. The van der Waals surface area contributed by atoms with E-state index in [1.807, 2.05) is 0 Å². The first-order valence-corrected chi connectivity index (χ1v) is 20.9. The Morgan fingerprint density at radius 3 is 0.352 bits per heavy atom. The first-order chi connectivity index (χ1) is 24.5. The lowest BCUT2D eigenvalue weighted by atomic mass is 8.51. The maximum Gasteiger partial charge on any atom is 0.0670 e. The highest BCUT2D eigenvalue weighted by atomic mass is 32.1. The summed E-state index contributed by atoms with van der Waals surface area (Å²) in [6, 6.07) is 0. The van der Waals surface area contributed by atoms with E-state index >= 15 is 0 Å². The Labute approximate surface area is 380 Å². The van der Waals surface area contributed by atoms with Crippen LogP contribution in [0.2, 0.25) is 0 Å². The van der Waals surface area contributed by atoms with Gasteiger partial charge < -0.3 is 0 Å². The van der Waals surface area contributed by atoms with Crippen molar-refractivity contribution < 1.29 is 0 Å². The molecule has 56 radical (unpaired) electrons. The molecule has 0 heterocycles. The third-order valence-electron chi connectivity index (χ3n) is 9.98. The Morgan fingerprint density at radius 2 is 0.259 bits per heavy atom. The summed E-state index contributed by atoms with van der Waals surface area (Å²) in [5, 5.41) is 0. The monoisotopic (exact) mass is 634 g/mol. The van der Waals surface area contributed by atoms with Crippen LogP contribution in [0.4, 0.5) is 0 Å². The number of hydrogen-bond acceptors (Lipinski definition) is 0. The fraction of sp³-hybridized carbons (Fsp3) is 0. The molecular formula is B52P2. The largest absolute Gasteiger partial charge is 0.203 e. The molecule has 0 fully saturated rings. The molecule has 0 spiro atoms. The summed E-state index contributed by atoms with van der Waals surface area (Å²) in [5.74, 6) is 0. The van der Waals surface area contributed by atoms with E-state index in [0.29, 0.717) is 0 Å². The average molecular weight is 624 g/mol. The molecule has 0 saturated heterocycles. The van der Waals surface area contributed by atoms with Gasteiger partial charge in [-0.2, -0.15) is 0 Å². The summed E-state index contributed by atoms with van der Waals surface area (Å²) in [6.07, 6.45) is -31.3. The van der Waals surface area contributed by atoms with E-state index < -0.39 is 167 Å². The summed E-state index contributed by atoms with van der Waals surface area (Å²) < 4.78 is 0. The van der Waals surface area contributed by atoms with Gasteiger partial charge in [-0.25, -0.2) is 14.7 Å². The van der Waals surface area contributed by atoms with Crippen LogP contribution in [-0.4, -0.2) is 369 Å². The van der Waals surface area contributed by atoms with Crippen molar-refractivity contribution in [1.82, 2.24) is 0 Å². The second kappa shape index (κ2) is 26.8. The summed E-state index contributed by atoms with van der Waals surface area (Å²) in [7, 11) is 177. The molecule has 0 rings (SSSR count). The molecule has 166 valence electrons. The minimum Gasteiger partial charge on any atom is -0.203 e. The molecule has 1 atom stereocenters. The smallest absolute Gasteiger partial charge is 0.0670 e. The van der Waals surface area contributed by atoms with Crippen molar-refractivity contribution in [3.63, 3.8) is 0 Å². The normalized spacial score (nSPS) is 10.5. The first kappa shape index (κ1) is 58.2. The van der Waals surface area contributed by atoms with E-state index in [4.69, 9.17) is 217 Å². The van der Waals surface area contributed by atoms with Gasteiger partial charge >= 0.3 is 0 Å². The summed E-state index contributed by atoms with van der Waals surface area (Å²) in [5.41, 5.74) is 0. The SMILES string of the molecule is [B]B([B])B(B([B])[B])B(B(B([B])[B])B([B])[B])P(B(B([B])[B])B([B])[B])P(B(B(B([B])[B])B([B])[B])B(B([B])[B])B([B])[B])B(B(B([B])[B])B([B])[B])B(B([B])[B])B([B])[B]. The topological polar surface area (TPSA) is 0 Å². The fourth-order valence-corrected chi connectivity index (χ4v) is 22.3. The maximum absolute atomic E-state index is 6.60. The highest BCUT2D eigenvalue weighted by Gasteiger charge is 2.59. The predicted molar refractivity (Wildman–Crippen MR) is 313 cm³/mol. The zero-order valence-corrected chi connectivity index (χ0v) is 32.7. The first-order valence-electron chi connectivity index (χ1n) is 17.2. The van der Waals surface area contributed by atoms with Gasteiger partial charge in [0.15, 0.2) is 0 Å². The van der Waals surface area contributed by atoms with Crippen molar-refractivity contribution in [1.29, 1.82) is 0 Å². The molecule has 0 nitrogen and oxygen atoms in total. The van der Waals surface area contributed by atoms with Gasteiger partial charge in [-0.05, 0) is 0 Å². The number of hydrogen-bond donors (Lipinski definition) is 0. The Balaban J connectivity index is 9.98. The van der Waals surface area contributed by atoms with Crippen LogP contribution in [0.1, 0.15) is 0 Å². The van der Waals surface area contributed by atoms with Gasteiger partial charge in [-0.15, -0.1) is 0 Å². The van der Waals surface area contributed by atoms with Crippen LogP contribution in [0.25, 0.3) is 0 Å². The van der Waals surface area contributed by atoms with Crippen molar-refractivity contribution >= 4 is 384 Å². The van der Waals surface area contributed by atoms with Crippen molar-refractivity contribution in [2.45, 2.75) is 0 Å². The molecular weight excluding hydrogens is 624 g/mol. The Bertz CT molecular complexity index is 805. The molecule has 0 N–H and O–H groups in total. The highest BCUT2D eigenvalue weighted by Crippen LogP contribution is 2.75. The van der Waals surface area contributed by atoms with E-state index in [-0.39, 0.29) is 0 Å². The molecule has 0 aliphatic heterocycles. The molecule has 0 aliphatic rings. The van der Waals surface area contributed by atoms with E-state index in [2.05, 4.69) is 0 Å². The van der Waals surface area contributed by atoms with E-state index in [1.165, 1.54) is 0 Å². The standard InChI is InChI=1S/B52P2/c1-29(2)43(30(3)4)50(44(31(5)6)32(7)8)53(49(41(25)26)42(27)28)54(51(45(33(9)10)34(11)12)46(35(13)14)36(15)16)52(47(37(17)18)38(19)20)48(39(21)22)40(23)24. The molecule has 54 heavy (non-hydrogen) atoms. The summed E-state index contributed by atoms with van der Waals surface area (Å²) in [4.78, 5) is 0. The van der Waals surface area contributed by atoms with Gasteiger partial charge in [-0.3, -0.25) is 0 Å². The third kappa shape index (κ3) is 15.8. The lowest BCUT2D eigenvalue weighted by molar-refractivity contribution is 3.33. The molecule has 0 aromatic rings. The molecule has 0 amide bonds.